The maximum atomic E-state index is 12.4. The highest BCUT2D eigenvalue weighted by Crippen LogP contribution is 2.18. The van der Waals surface area contributed by atoms with E-state index in [2.05, 4.69) is 43.5 Å². The molecule has 0 fully saturated rings. The van der Waals surface area contributed by atoms with Gasteiger partial charge in [-0.25, -0.2) is 0 Å². The van der Waals surface area contributed by atoms with Crippen molar-refractivity contribution in [1.29, 1.82) is 0 Å². The number of hydrogen-bond donors (Lipinski definition) is 3. The number of rotatable bonds is 63. The summed E-state index contributed by atoms with van der Waals surface area (Å²) < 4.78 is 5.47. The maximum absolute atomic E-state index is 12.4. The fourth-order valence-corrected chi connectivity index (χ4v) is 10.5. The molecular formula is C69H131NO5. The second-order valence-corrected chi connectivity index (χ2v) is 23.2. The summed E-state index contributed by atoms with van der Waals surface area (Å²) in [6.07, 6.45) is 82.4. The van der Waals surface area contributed by atoms with E-state index in [4.69, 9.17) is 4.74 Å². The first-order valence-corrected chi connectivity index (χ1v) is 33.8. The average Bonchev–Trinajstić information content (AvgIpc) is 3.41. The van der Waals surface area contributed by atoms with E-state index < -0.39 is 12.1 Å². The van der Waals surface area contributed by atoms with Crippen molar-refractivity contribution < 1.29 is 24.5 Å². The van der Waals surface area contributed by atoms with E-state index in [9.17, 15) is 19.8 Å². The Labute approximate surface area is 468 Å². The lowest BCUT2D eigenvalue weighted by Gasteiger charge is -2.20. The molecule has 1 amide bonds. The Balaban J connectivity index is 3.35. The van der Waals surface area contributed by atoms with Crippen LogP contribution in [-0.4, -0.2) is 47.4 Å². The van der Waals surface area contributed by atoms with Gasteiger partial charge in [0.2, 0.25) is 5.91 Å². The molecule has 0 saturated carbocycles. The molecule has 0 spiro atoms. The second-order valence-electron chi connectivity index (χ2n) is 23.2. The van der Waals surface area contributed by atoms with Crippen LogP contribution in [0.15, 0.2) is 36.5 Å². The third kappa shape index (κ3) is 61.2. The molecule has 0 aliphatic heterocycles. The van der Waals surface area contributed by atoms with Crippen molar-refractivity contribution in [1.82, 2.24) is 5.32 Å². The number of amides is 1. The van der Waals surface area contributed by atoms with Crippen molar-refractivity contribution in [3.8, 4) is 0 Å². The minimum atomic E-state index is -0.840. The van der Waals surface area contributed by atoms with Crippen molar-refractivity contribution in [2.45, 2.75) is 379 Å². The van der Waals surface area contributed by atoms with Crippen molar-refractivity contribution >= 4 is 11.9 Å². The van der Waals surface area contributed by atoms with Gasteiger partial charge in [-0.2, -0.15) is 0 Å². The standard InChI is InChI=1S/C69H131NO5/c1-3-5-7-9-11-13-42-47-51-55-59-63-69(74)75-64-60-56-52-48-44-41-39-37-35-33-31-29-27-25-23-21-19-17-15-16-18-20-22-24-26-28-30-32-34-36-38-40-43-46-50-54-58-62-68(73)70-66(65-71)67(72)61-57-53-49-45-14-12-10-8-6-4-2/h15,17,21,23,57,61,66-67,71-72H,3-14,16,18-20,22,24-56,58-60,62-65H2,1-2H3,(H,70,73)/b17-15-,23-21-,61-57+. The van der Waals surface area contributed by atoms with Gasteiger partial charge >= 0.3 is 5.97 Å². The van der Waals surface area contributed by atoms with E-state index >= 15 is 0 Å². The summed E-state index contributed by atoms with van der Waals surface area (Å²) in [5.41, 5.74) is 0. The van der Waals surface area contributed by atoms with Crippen LogP contribution >= 0.6 is 0 Å². The minimum absolute atomic E-state index is 0.0183. The maximum Gasteiger partial charge on any atom is 0.305 e. The van der Waals surface area contributed by atoms with Crippen LogP contribution in [0.5, 0.6) is 0 Å². The zero-order valence-electron chi connectivity index (χ0n) is 50.5. The Kier molecular flexibility index (Phi) is 63.0. The number of allylic oxidation sites excluding steroid dienone is 5. The minimum Gasteiger partial charge on any atom is -0.466 e. The smallest absolute Gasteiger partial charge is 0.305 e. The molecule has 0 aliphatic rings. The van der Waals surface area contributed by atoms with Crippen molar-refractivity contribution in [2.75, 3.05) is 13.2 Å². The van der Waals surface area contributed by atoms with Crippen LogP contribution in [0.25, 0.3) is 0 Å². The normalized spacial score (nSPS) is 12.7. The van der Waals surface area contributed by atoms with Gasteiger partial charge in [-0.3, -0.25) is 9.59 Å². The van der Waals surface area contributed by atoms with Crippen molar-refractivity contribution in [2.24, 2.45) is 0 Å². The van der Waals surface area contributed by atoms with Crippen LogP contribution in [0.3, 0.4) is 0 Å². The lowest BCUT2D eigenvalue weighted by Crippen LogP contribution is -2.45. The first-order valence-electron chi connectivity index (χ1n) is 33.8. The predicted molar refractivity (Wildman–Crippen MR) is 329 cm³/mol. The van der Waals surface area contributed by atoms with Crippen LogP contribution in [0.2, 0.25) is 0 Å². The molecule has 0 radical (unpaired) electrons. The molecule has 0 rings (SSSR count). The third-order valence-corrected chi connectivity index (χ3v) is 15.7. The molecule has 442 valence electrons. The summed E-state index contributed by atoms with van der Waals surface area (Å²) in [5.74, 6) is -0.0478. The molecule has 0 aromatic rings. The SMILES string of the molecule is CCCCCCCCCC/C=C/C(O)C(CO)NC(=O)CCCCCCCCCCCCCCCCCCC/C=C\C/C=C\CCCCCCCCCCCCCCCOC(=O)CCCCCCCCCCCCC. The molecule has 2 unspecified atom stereocenters. The third-order valence-electron chi connectivity index (χ3n) is 15.7. The van der Waals surface area contributed by atoms with Crippen LogP contribution in [0.4, 0.5) is 0 Å². The highest BCUT2D eigenvalue weighted by atomic mass is 16.5. The molecule has 0 aromatic carbocycles. The van der Waals surface area contributed by atoms with Gasteiger partial charge in [0.05, 0.1) is 25.4 Å². The van der Waals surface area contributed by atoms with E-state index in [0.717, 1.165) is 44.9 Å². The molecular weight excluding hydrogens is 923 g/mol. The first kappa shape index (κ1) is 73.1. The van der Waals surface area contributed by atoms with Crippen molar-refractivity contribution in [3.63, 3.8) is 0 Å². The second kappa shape index (κ2) is 64.6. The van der Waals surface area contributed by atoms with E-state index in [1.54, 1.807) is 6.08 Å². The van der Waals surface area contributed by atoms with Crippen LogP contribution < -0.4 is 5.32 Å². The number of hydrogen-bond acceptors (Lipinski definition) is 5. The van der Waals surface area contributed by atoms with Gasteiger partial charge in [-0.1, -0.05) is 326 Å². The Hall–Kier alpha value is -1.92. The van der Waals surface area contributed by atoms with Gasteiger partial charge in [0, 0.05) is 12.8 Å². The van der Waals surface area contributed by atoms with E-state index in [0.29, 0.717) is 19.4 Å². The monoisotopic (exact) mass is 1050 g/mol. The van der Waals surface area contributed by atoms with Crippen LogP contribution in [-0.2, 0) is 14.3 Å². The molecule has 0 heterocycles. The highest BCUT2D eigenvalue weighted by molar-refractivity contribution is 5.76. The van der Waals surface area contributed by atoms with E-state index in [1.807, 2.05) is 6.08 Å². The molecule has 3 N–H and O–H groups in total. The Morgan fingerprint density at radius 1 is 0.373 bits per heavy atom. The number of carbonyl (C=O) groups is 2. The van der Waals surface area contributed by atoms with Gasteiger partial charge in [0.15, 0.2) is 0 Å². The van der Waals surface area contributed by atoms with Gasteiger partial charge in [0.25, 0.3) is 0 Å². The average molecular weight is 1050 g/mol. The fourth-order valence-electron chi connectivity index (χ4n) is 10.5. The molecule has 0 aliphatic carbocycles. The molecule has 0 bridgehead atoms. The molecule has 6 heteroatoms. The van der Waals surface area contributed by atoms with Gasteiger partial charge < -0.3 is 20.3 Å². The summed E-state index contributed by atoms with van der Waals surface area (Å²) in [7, 11) is 0. The molecule has 75 heavy (non-hydrogen) atoms. The van der Waals surface area contributed by atoms with E-state index in [1.165, 1.54) is 295 Å². The van der Waals surface area contributed by atoms with Gasteiger partial charge in [0.1, 0.15) is 0 Å². The number of unbranched alkanes of at least 4 members (excludes halogenated alkanes) is 48. The van der Waals surface area contributed by atoms with E-state index in [-0.39, 0.29) is 18.5 Å². The zero-order chi connectivity index (χ0) is 54.3. The molecule has 6 nitrogen and oxygen atoms in total. The lowest BCUT2D eigenvalue weighted by atomic mass is 10.0. The fraction of sp³-hybridized carbons (Fsp3) is 0.884. The zero-order valence-corrected chi connectivity index (χ0v) is 50.5. The summed E-state index contributed by atoms with van der Waals surface area (Å²) in [6, 6.07) is -0.624. The quantitative estimate of drug-likeness (QED) is 0.0320. The molecule has 0 aromatic heterocycles. The number of carbonyl (C=O) groups excluding carboxylic acids is 2. The highest BCUT2D eigenvalue weighted by Gasteiger charge is 2.18. The molecule has 0 saturated heterocycles. The van der Waals surface area contributed by atoms with Crippen molar-refractivity contribution in [3.05, 3.63) is 36.5 Å². The number of ether oxygens (including phenoxy) is 1. The Morgan fingerprint density at radius 2 is 0.667 bits per heavy atom. The van der Waals surface area contributed by atoms with Gasteiger partial charge in [-0.15, -0.1) is 0 Å². The summed E-state index contributed by atoms with van der Waals surface area (Å²) in [4.78, 5) is 24.4. The molecule has 2 atom stereocenters. The number of aliphatic hydroxyl groups excluding tert-OH is 2. The largest absolute Gasteiger partial charge is 0.466 e. The number of esters is 1. The van der Waals surface area contributed by atoms with Crippen LogP contribution in [0.1, 0.15) is 367 Å². The number of aliphatic hydroxyl groups is 2. The summed E-state index contributed by atoms with van der Waals surface area (Å²) in [6.45, 7) is 4.90. The predicted octanol–water partition coefficient (Wildman–Crippen LogP) is 21.5. The number of nitrogens with one attached hydrogen (secondary N) is 1. The van der Waals surface area contributed by atoms with Crippen LogP contribution in [0, 0.1) is 0 Å². The first-order chi connectivity index (χ1) is 37.0. The Morgan fingerprint density at radius 3 is 1.01 bits per heavy atom. The Bertz CT molecular complexity index is 1210. The van der Waals surface area contributed by atoms with Gasteiger partial charge in [-0.05, 0) is 64.2 Å². The summed E-state index contributed by atoms with van der Waals surface area (Å²) >= 11 is 0. The summed E-state index contributed by atoms with van der Waals surface area (Å²) in [5, 5.41) is 23.0. The lowest BCUT2D eigenvalue weighted by molar-refractivity contribution is -0.143. The topological polar surface area (TPSA) is 95.9 Å².